The summed E-state index contributed by atoms with van der Waals surface area (Å²) in [5, 5.41) is 0. The molecular weight excluding hydrogens is 316 g/mol. The van der Waals surface area contributed by atoms with Gasteiger partial charge in [-0.3, -0.25) is 9.78 Å². The van der Waals surface area contributed by atoms with Crippen molar-refractivity contribution in [2.24, 2.45) is 11.3 Å². The normalized spacial score (nSPS) is 25.1. The Kier molecular flexibility index (Phi) is 4.44. The maximum absolute atomic E-state index is 12.7. The van der Waals surface area contributed by atoms with Crippen molar-refractivity contribution < 1.29 is 9.53 Å². The van der Waals surface area contributed by atoms with Crippen molar-refractivity contribution in [1.82, 2.24) is 19.9 Å². The number of pyridine rings is 1. The molecule has 1 aliphatic heterocycles. The zero-order chi connectivity index (χ0) is 17.1. The minimum absolute atomic E-state index is 0.000834. The molecule has 2 aromatic heterocycles. The van der Waals surface area contributed by atoms with Crippen LogP contribution in [0.1, 0.15) is 35.4 Å². The number of carbonyl (C=O) groups is 1. The van der Waals surface area contributed by atoms with Crippen molar-refractivity contribution in [3.8, 4) is 0 Å². The lowest BCUT2D eigenvalue weighted by molar-refractivity contribution is 0.0252. The van der Waals surface area contributed by atoms with Gasteiger partial charge in [0.15, 0.2) is 0 Å². The Morgan fingerprint density at radius 1 is 1.28 bits per heavy atom. The van der Waals surface area contributed by atoms with Gasteiger partial charge in [-0.2, -0.15) is 0 Å². The Balaban J connectivity index is 1.41. The van der Waals surface area contributed by atoms with E-state index in [1.807, 2.05) is 23.1 Å². The Hall–Kier alpha value is -2.34. The third-order valence-corrected chi connectivity index (χ3v) is 5.49. The van der Waals surface area contributed by atoms with Crippen molar-refractivity contribution in [2.45, 2.75) is 25.9 Å². The summed E-state index contributed by atoms with van der Waals surface area (Å²) < 4.78 is 6.02. The summed E-state index contributed by atoms with van der Waals surface area (Å²) in [7, 11) is 0. The van der Waals surface area contributed by atoms with Crippen LogP contribution in [0.3, 0.4) is 0 Å². The van der Waals surface area contributed by atoms with Gasteiger partial charge in [0.05, 0.1) is 18.9 Å². The van der Waals surface area contributed by atoms with Gasteiger partial charge in [0, 0.05) is 30.9 Å². The van der Waals surface area contributed by atoms with Crippen molar-refractivity contribution in [2.75, 3.05) is 19.7 Å². The first-order valence-corrected chi connectivity index (χ1v) is 8.80. The van der Waals surface area contributed by atoms with E-state index in [1.54, 1.807) is 18.5 Å². The topological polar surface area (TPSA) is 68.2 Å². The highest BCUT2D eigenvalue weighted by Crippen LogP contribution is 2.49. The number of hydrogen-bond acceptors (Lipinski definition) is 5. The molecule has 4 rings (SSSR count). The second-order valence-electron chi connectivity index (χ2n) is 7.05. The number of fused-ring (bicyclic) bond motifs is 1. The van der Waals surface area contributed by atoms with Crippen LogP contribution in [-0.2, 0) is 11.3 Å². The second-order valence-corrected chi connectivity index (χ2v) is 7.05. The molecule has 130 valence electrons. The largest absolute Gasteiger partial charge is 0.375 e. The van der Waals surface area contributed by atoms with E-state index in [1.165, 1.54) is 19.2 Å². The number of rotatable bonds is 5. The van der Waals surface area contributed by atoms with Crippen LogP contribution < -0.4 is 0 Å². The minimum Gasteiger partial charge on any atom is -0.375 e. The van der Waals surface area contributed by atoms with E-state index in [0.717, 1.165) is 25.2 Å². The average molecular weight is 338 g/mol. The molecular formula is C19H22N4O2. The van der Waals surface area contributed by atoms with Crippen LogP contribution in [0.15, 0.2) is 43.0 Å². The molecule has 2 aliphatic rings. The van der Waals surface area contributed by atoms with E-state index in [4.69, 9.17) is 4.74 Å². The number of amides is 1. The Labute approximate surface area is 147 Å². The Morgan fingerprint density at radius 3 is 3.04 bits per heavy atom. The molecule has 6 nitrogen and oxygen atoms in total. The lowest BCUT2D eigenvalue weighted by atomic mass is 9.81. The highest BCUT2D eigenvalue weighted by atomic mass is 16.5. The average Bonchev–Trinajstić information content (AvgIpc) is 3.20. The van der Waals surface area contributed by atoms with Gasteiger partial charge in [0.1, 0.15) is 12.0 Å². The summed E-state index contributed by atoms with van der Waals surface area (Å²) in [4.78, 5) is 26.9. The molecule has 0 radical (unpaired) electrons. The van der Waals surface area contributed by atoms with Crippen molar-refractivity contribution in [3.63, 3.8) is 0 Å². The SMILES string of the molecule is O=C(c1ccncn1)N1C[C@H]2CCC[C@@]2(COCc2ccccn2)C1. The second kappa shape index (κ2) is 6.88. The maximum Gasteiger partial charge on any atom is 0.272 e. The molecule has 0 aromatic carbocycles. The molecule has 3 heterocycles. The number of hydrogen-bond donors (Lipinski definition) is 0. The van der Waals surface area contributed by atoms with Gasteiger partial charge in [-0.15, -0.1) is 0 Å². The summed E-state index contributed by atoms with van der Waals surface area (Å²) >= 11 is 0. The quantitative estimate of drug-likeness (QED) is 0.837. The number of ether oxygens (including phenoxy) is 1. The number of aromatic nitrogens is 3. The van der Waals surface area contributed by atoms with Crippen molar-refractivity contribution in [3.05, 3.63) is 54.4 Å². The van der Waals surface area contributed by atoms with Gasteiger partial charge >= 0.3 is 0 Å². The zero-order valence-corrected chi connectivity index (χ0v) is 14.2. The Morgan fingerprint density at radius 2 is 2.24 bits per heavy atom. The first-order valence-electron chi connectivity index (χ1n) is 8.80. The first-order chi connectivity index (χ1) is 12.3. The molecule has 1 amide bonds. The van der Waals surface area contributed by atoms with E-state index < -0.39 is 0 Å². The van der Waals surface area contributed by atoms with Crippen LogP contribution in [0.5, 0.6) is 0 Å². The van der Waals surface area contributed by atoms with Crippen molar-refractivity contribution in [1.29, 1.82) is 0 Å². The summed E-state index contributed by atoms with van der Waals surface area (Å²) in [6.07, 6.45) is 8.33. The molecule has 0 bridgehead atoms. The predicted molar refractivity (Wildman–Crippen MR) is 91.6 cm³/mol. The van der Waals surface area contributed by atoms with Gasteiger partial charge in [-0.1, -0.05) is 12.5 Å². The summed E-state index contributed by atoms with van der Waals surface area (Å²) in [5.41, 5.74) is 1.50. The highest BCUT2D eigenvalue weighted by molar-refractivity contribution is 5.92. The minimum atomic E-state index is 0.000834. The molecule has 1 aliphatic carbocycles. The van der Waals surface area contributed by atoms with Gasteiger partial charge < -0.3 is 9.64 Å². The van der Waals surface area contributed by atoms with Crippen LogP contribution in [-0.4, -0.2) is 45.5 Å². The van der Waals surface area contributed by atoms with E-state index in [2.05, 4.69) is 15.0 Å². The number of nitrogens with zero attached hydrogens (tertiary/aromatic N) is 4. The standard InChI is InChI=1S/C19H22N4O2/c24-18(17-6-9-20-14-22-17)23-10-15-4-3-7-19(15,12-23)13-25-11-16-5-1-2-8-21-16/h1-2,5-6,8-9,14-15H,3-4,7,10-13H2/t15-,19+/m1/s1. The fourth-order valence-electron chi connectivity index (χ4n) is 4.23. The van der Waals surface area contributed by atoms with E-state index in [-0.39, 0.29) is 11.3 Å². The molecule has 2 atom stereocenters. The summed E-state index contributed by atoms with van der Waals surface area (Å²) in [6.45, 7) is 2.76. The number of carbonyl (C=O) groups excluding carboxylic acids is 1. The fraction of sp³-hybridized carbons (Fsp3) is 0.474. The van der Waals surface area contributed by atoms with E-state index in [0.29, 0.717) is 24.8 Å². The maximum atomic E-state index is 12.7. The zero-order valence-electron chi connectivity index (χ0n) is 14.2. The molecule has 2 aromatic rings. The molecule has 0 N–H and O–H groups in total. The summed E-state index contributed by atoms with van der Waals surface area (Å²) in [6, 6.07) is 7.53. The van der Waals surface area contributed by atoms with Crippen LogP contribution in [0.2, 0.25) is 0 Å². The van der Waals surface area contributed by atoms with Crippen LogP contribution >= 0.6 is 0 Å². The lowest BCUT2D eigenvalue weighted by Crippen LogP contribution is -2.35. The first kappa shape index (κ1) is 16.1. The van der Waals surface area contributed by atoms with Crippen LogP contribution in [0.25, 0.3) is 0 Å². The molecule has 2 fully saturated rings. The molecule has 1 saturated heterocycles. The molecule has 1 saturated carbocycles. The van der Waals surface area contributed by atoms with E-state index >= 15 is 0 Å². The van der Waals surface area contributed by atoms with Crippen molar-refractivity contribution >= 4 is 5.91 Å². The fourth-order valence-corrected chi connectivity index (χ4v) is 4.23. The monoisotopic (exact) mass is 338 g/mol. The third-order valence-electron chi connectivity index (χ3n) is 5.49. The van der Waals surface area contributed by atoms with Gasteiger partial charge in [0.25, 0.3) is 5.91 Å². The van der Waals surface area contributed by atoms with Gasteiger partial charge in [-0.25, -0.2) is 9.97 Å². The van der Waals surface area contributed by atoms with Gasteiger partial charge in [0.2, 0.25) is 0 Å². The third kappa shape index (κ3) is 3.26. The molecule has 0 spiro atoms. The van der Waals surface area contributed by atoms with Gasteiger partial charge in [-0.05, 0) is 37.0 Å². The Bertz CT molecular complexity index is 725. The summed E-state index contributed by atoms with van der Waals surface area (Å²) in [5.74, 6) is 0.517. The lowest BCUT2D eigenvalue weighted by Gasteiger charge is -2.28. The molecule has 25 heavy (non-hydrogen) atoms. The van der Waals surface area contributed by atoms with Crippen LogP contribution in [0, 0.1) is 11.3 Å². The molecule has 6 heteroatoms. The van der Waals surface area contributed by atoms with E-state index in [9.17, 15) is 4.79 Å². The smallest absolute Gasteiger partial charge is 0.272 e. The predicted octanol–water partition coefficient (Wildman–Crippen LogP) is 2.33. The highest BCUT2D eigenvalue weighted by Gasteiger charge is 2.50. The molecule has 0 unspecified atom stereocenters. The number of likely N-dealkylation sites (tertiary alicyclic amines) is 1. The van der Waals surface area contributed by atoms with Crippen LogP contribution in [0.4, 0.5) is 0 Å².